The molecule has 0 saturated carbocycles. The van der Waals surface area contributed by atoms with Gasteiger partial charge in [-0.25, -0.2) is 12.8 Å². The van der Waals surface area contributed by atoms with E-state index < -0.39 is 15.8 Å². The zero-order chi connectivity index (χ0) is 29.2. The van der Waals surface area contributed by atoms with Gasteiger partial charge in [0.25, 0.3) is 10.0 Å². The maximum Gasteiger partial charge on any atom is 0.264 e. The van der Waals surface area contributed by atoms with E-state index in [1.807, 2.05) is 25.1 Å². The molecule has 1 aliphatic heterocycles. The van der Waals surface area contributed by atoms with Crippen LogP contribution in [0, 0.1) is 24.1 Å². The van der Waals surface area contributed by atoms with E-state index in [1.165, 1.54) is 17.5 Å². The van der Waals surface area contributed by atoms with Gasteiger partial charge in [-0.05, 0) is 72.7 Å². The van der Waals surface area contributed by atoms with E-state index in [0.29, 0.717) is 35.1 Å². The second-order valence-corrected chi connectivity index (χ2v) is 13.1. The van der Waals surface area contributed by atoms with Crippen LogP contribution in [-0.4, -0.2) is 29.2 Å². The molecular formula is C32H35ClFNO4S. The molecule has 40 heavy (non-hydrogen) atoms. The van der Waals surface area contributed by atoms with Crippen molar-refractivity contribution in [1.29, 1.82) is 0 Å². The maximum atomic E-state index is 14.3. The van der Waals surface area contributed by atoms with Crippen molar-refractivity contribution in [3.05, 3.63) is 100 Å². The summed E-state index contributed by atoms with van der Waals surface area (Å²) in [5, 5.41) is 0.301. The minimum Gasteiger partial charge on any atom is -0.501 e. The van der Waals surface area contributed by atoms with Crippen LogP contribution in [0.15, 0.2) is 71.8 Å². The molecule has 3 aromatic carbocycles. The van der Waals surface area contributed by atoms with E-state index in [4.69, 9.17) is 21.1 Å². The molecule has 1 aliphatic rings. The maximum absolute atomic E-state index is 14.3. The van der Waals surface area contributed by atoms with Gasteiger partial charge in [0.1, 0.15) is 11.6 Å². The molecule has 0 amide bonds. The summed E-state index contributed by atoms with van der Waals surface area (Å²) in [5.74, 6) is 0.756. The fraction of sp³-hybridized carbons (Fsp3) is 0.312. The Labute approximate surface area is 241 Å². The normalized spacial score (nSPS) is 15.7. The molecule has 4 rings (SSSR count). The molecule has 0 N–H and O–H groups in total. The van der Waals surface area contributed by atoms with Gasteiger partial charge in [0.05, 0.1) is 35.6 Å². The number of rotatable bonds is 9. The van der Waals surface area contributed by atoms with Gasteiger partial charge in [0, 0.05) is 23.6 Å². The first-order valence-corrected chi connectivity index (χ1v) is 14.8. The van der Waals surface area contributed by atoms with E-state index in [2.05, 4.69) is 20.4 Å². The van der Waals surface area contributed by atoms with Gasteiger partial charge >= 0.3 is 0 Å². The van der Waals surface area contributed by atoms with Gasteiger partial charge in [-0.1, -0.05) is 62.4 Å². The molecule has 0 saturated heterocycles. The quantitative estimate of drug-likeness (QED) is 0.190. The summed E-state index contributed by atoms with van der Waals surface area (Å²) in [5.41, 5.74) is 3.02. The number of halogens is 2. The molecule has 1 unspecified atom stereocenters. The molecule has 0 aromatic heterocycles. The van der Waals surface area contributed by atoms with Crippen LogP contribution in [0.5, 0.6) is 5.75 Å². The van der Waals surface area contributed by atoms with Crippen LogP contribution in [-0.2, 0) is 21.2 Å². The monoisotopic (exact) mass is 583 g/mol. The lowest BCUT2D eigenvalue weighted by Crippen LogP contribution is -2.41. The van der Waals surface area contributed by atoms with E-state index in [9.17, 15) is 12.8 Å². The number of sulfonamides is 1. The van der Waals surface area contributed by atoms with Crippen molar-refractivity contribution >= 4 is 39.5 Å². The van der Waals surface area contributed by atoms with Gasteiger partial charge in [0.15, 0.2) is 0 Å². The number of ether oxygens (including phenoxy) is 2. The molecule has 1 atom stereocenters. The standard InChI is InChI=1S/C32H35ClFNO4S/c1-21-10-14-26(18-31(21)39-6)40(36,37)35-20-24(19-32(3,4)22(2)38-5)16-25-13-11-23(17-30(25)35)12-15-27-28(33)8-7-9-29(27)34/h7-15,17-18,24H,2,16,19-20H2,1,3-6H3. The molecule has 0 bridgehead atoms. The van der Waals surface area contributed by atoms with Crippen molar-refractivity contribution in [3.63, 3.8) is 0 Å². The summed E-state index contributed by atoms with van der Waals surface area (Å²) < 4.78 is 55.0. The number of allylic oxidation sites excluding steroid dienone is 1. The fourth-order valence-electron chi connectivity index (χ4n) is 5.21. The molecule has 0 spiro atoms. The number of hydrogen-bond donors (Lipinski definition) is 0. The predicted octanol–water partition coefficient (Wildman–Crippen LogP) is 7.91. The SMILES string of the molecule is C=C(OC)C(C)(C)CC1Cc2ccc(C=Cc3c(F)cccc3Cl)cc2N(S(=O)(=O)c2ccc(C)c(OC)c2)C1. The molecule has 5 nitrogen and oxygen atoms in total. The van der Waals surface area contributed by atoms with Crippen LogP contribution >= 0.6 is 11.6 Å². The lowest BCUT2D eigenvalue weighted by Gasteiger charge is -2.39. The Kier molecular flexibility index (Phi) is 8.66. The third-order valence-corrected chi connectivity index (χ3v) is 9.63. The first-order chi connectivity index (χ1) is 18.9. The number of anilines is 1. The molecule has 0 fully saturated rings. The highest BCUT2D eigenvalue weighted by atomic mass is 35.5. The highest BCUT2D eigenvalue weighted by Gasteiger charge is 2.37. The average molecular weight is 584 g/mol. The van der Waals surface area contributed by atoms with Gasteiger partial charge in [0.2, 0.25) is 0 Å². The number of nitrogens with zero attached hydrogens (tertiary/aromatic N) is 1. The van der Waals surface area contributed by atoms with Crippen LogP contribution < -0.4 is 9.04 Å². The smallest absolute Gasteiger partial charge is 0.264 e. The van der Waals surface area contributed by atoms with Gasteiger partial charge < -0.3 is 9.47 Å². The summed E-state index contributed by atoms with van der Waals surface area (Å²) in [4.78, 5) is 0.154. The van der Waals surface area contributed by atoms with E-state index in [0.717, 1.165) is 16.7 Å². The van der Waals surface area contributed by atoms with Crippen LogP contribution in [0.4, 0.5) is 10.1 Å². The molecular weight excluding hydrogens is 549 g/mol. The predicted molar refractivity (Wildman–Crippen MR) is 161 cm³/mol. The second kappa shape index (κ2) is 11.7. The van der Waals surface area contributed by atoms with Crippen LogP contribution in [0.1, 0.15) is 42.5 Å². The first kappa shape index (κ1) is 29.7. The third-order valence-electron chi connectivity index (χ3n) is 7.52. The lowest BCUT2D eigenvalue weighted by molar-refractivity contribution is 0.169. The molecule has 212 valence electrons. The molecule has 3 aromatic rings. The largest absolute Gasteiger partial charge is 0.501 e. The molecule has 1 heterocycles. The number of hydrogen-bond acceptors (Lipinski definition) is 4. The molecule has 8 heteroatoms. The Morgan fingerprint density at radius 2 is 1.90 bits per heavy atom. The lowest BCUT2D eigenvalue weighted by atomic mass is 9.78. The van der Waals surface area contributed by atoms with Crippen molar-refractivity contribution in [1.82, 2.24) is 0 Å². The molecule has 0 aliphatic carbocycles. The van der Waals surface area contributed by atoms with Crippen molar-refractivity contribution in [2.24, 2.45) is 11.3 Å². The van der Waals surface area contributed by atoms with Gasteiger partial charge in [-0.2, -0.15) is 0 Å². The average Bonchev–Trinajstić information content (AvgIpc) is 2.91. The molecule has 0 radical (unpaired) electrons. The Balaban J connectivity index is 1.78. The minimum atomic E-state index is -3.94. The third kappa shape index (κ3) is 6.06. The van der Waals surface area contributed by atoms with E-state index >= 15 is 0 Å². The van der Waals surface area contributed by atoms with Crippen molar-refractivity contribution in [3.8, 4) is 5.75 Å². The summed E-state index contributed by atoms with van der Waals surface area (Å²) in [6.45, 7) is 10.3. The summed E-state index contributed by atoms with van der Waals surface area (Å²) >= 11 is 6.20. The van der Waals surface area contributed by atoms with Crippen LogP contribution in [0.25, 0.3) is 12.2 Å². The number of benzene rings is 3. The summed E-state index contributed by atoms with van der Waals surface area (Å²) in [6.07, 6.45) is 4.73. The van der Waals surface area contributed by atoms with Crippen LogP contribution in [0.3, 0.4) is 0 Å². The first-order valence-electron chi connectivity index (χ1n) is 13.0. The Hall–Kier alpha value is -3.29. The van der Waals surface area contributed by atoms with Crippen molar-refractivity contribution in [2.45, 2.75) is 38.5 Å². The number of methoxy groups -OCH3 is 2. The minimum absolute atomic E-state index is 0.0233. The summed E-state index contributed by atoms with van der Waals surface area (Å²) in [7, 11) is -0.815. The van der Waals surface area contributed by atoms with Gasteiger partial charge in [-0.3, -0.25) is 4.31 Å². The van der Waals surface area contributed by atoms with E-state index in [1.54, 1.807) is 49.6 Å². The van der Waals surface area contributed by atoms with Crippen molar-refractivity contribution in [2.75, 3.05) is 25.1 Å². The number of aryl methyl sites for hydroxylation is 1. The zero-order valence-electron chi connectivity index (χ0n) is 23.5. The summed E-state index contributed by atoms with van der Waals surface area (Å²) in [6, 6.07) is 15.1. The number of fused-ring (bicyclic) bond motifs is 1. The highest BCUT2D eigenvalue weighted by Crippen LogP contribution is 2.41. The van der Waals surface area contributed by atoms with Crippen LogP contribution in [0.2, 0.25) is 5.02 Å². The zero-order valence-corrected chi connectivity index (χ0v) is 25.1. The van der Waals surface area contributed by atoms with Gasteiger partial charge in [-0.15, -0.1) is 0 Å². The Bertz CT molecular complexity index is 1540. The fourth-order valence-corrected chi connectivity index (χ4v) is 7.02. The second-order valence-electron chi connectivity index (χ2n) is 10.8. The Morgan fingerprint density at radius 3 is 2.58 bits per heavy atom. The highest BCUT2D eigenvalue weighted by molar-refractivity contribution is 7.92. The Morgan fingerprint density at radius 1 is 1.15 bits per heavy atom. The topological polar surface area (TPSA) is 55.8 Å². The van der Waals surface area contributed by atoms with E-state index in [-0.39, 0.29) is 28.3 Å². The van der Waals surface area contributed by atoms with Crippen molar-refractivity contribution < 1.29 is 22.3 Å².